The van der Waals surface area contributed by atoms with Crippen LogP contribution >= 0.6 is 0 Å². The average Bonchev–Trinajstić information content (AvgIpc) is 3.30. The number of hydrogen-bond donors (Lipinski definition) is 1. The molecular formula is C27H17F5N4O. The van der Waals surface area contributed by atoms with E-state index in [0.717, 1.165) is 23.8 Å². The lowest BCUT2D eigenvalue weighted by molar-refractivity contribution is -0.138. The number of halogens is 5. The summed E-state index contributed by atoms with van der Waals surface area (Å²) in [5.41, 5.74) is -0.00515. The number of carbonyl (C=O) groups is 1. The highest BCUT2D eigenvalue weighted by molar-refractivity contribution is 6.04. The van der Waals surface area contributed by atoms with Gasteiger partial charge in [0.05, 0.1) is 23.1 Å². The molecule has 10 heteroatoms. The van der Waals surface area contributed by atoms with Crippen LogP contribution in [0.3, 0.4) is 0 Å². The Kier molecular flexibility index (Phi) is 5.94. The molecule has 0 aliphatic rings. The zero-order chi connectivity index (χ0) is 26.3. The topological polar surface area (TPSA) is 59.3 Å². The van der Waals surface area contributed by atoms with Crippen LogP contribution < -0.4 is 5.32 Å². The number of nitrogens with one attached hydrogen (secondary N) is 1. The van der Waals surface area contributed by atoms with Gasteiger partial charge in [-0.15, -0.1) is 0 Å². The summed E-state index contributed by atoms with van der Waals surface area (Å²) >= 11 is 0. The number of hydrogen-bond acceptors (Lipinski definition) is 3. The van der Waals surface area contributed by atoms with E-state index >= 15 is 0 Å². The Morgan fingerprint density at radius 1 is 0.919 bits per heavy atom. The molecule has 5 aromatic rings. The molecule has 1 amide bonds. The second-order valence-electron chi connectivity index (χ2n) is 8.27. The molecule has 3 aromatic heterocycles. The summed E-state index contributed by atoms with van der Waals surface area (Å²) in [6.07, 6.45) is -1.95. The van der Waals surface area contributed by atoms with Crippen LogP contribution in [-0.2, 0) is 6.18 Å². The molecule has 2 aromatic carbocycles. The van der Waals surface area contributed by atoms with E-state index in [0.29, 0.717) is 11.3 Å². The van der Waals surface area contributed by atoms with Crippen LogP contribution in [0.4, 0.5) is 27.6 Å². The lowest BCUT2D eigenvalue weighted by Gasteiger charge is -2.14. The maximum absolute atomic E-state index is 14.4. The first-order chi connectivity index (χ1) is 17.6. The van der Waals surface area contributed by atoms with Crippen LogP contribution in [-0.4, -0.2) is 20.3 Å². The number of imidazole rings is 1. The first-order valence-corrected chi connectivity index (χ1v) is 11.0. The van der Waals surface area contributed by atoms with Gasteiger partial charge in [-0.05, 0) is 55.5 Å². The van der Waals surface area contributed by atoms with E-state index in [9.17, 15) is 26.7 Å². The minimum atomic E-state index is -4.83. The molecule has 0 bridgehead atoms. The normalized spacial score (nSPS) is 11.6. The molecular weight excluding hydrogens is 491 g/mol. The fourth-order valence-corrected chi connectivity index (χ4v) is 3.95. The van der Waals surface area contributed by atoms with E-state index in [4.69, 9.17) is 0 Å². The van der Waals surface area contributed by atoms with E-state index in [2.05, 4.69) is 15.3 Å². The third-order valence-electron chi connectivity index (χ3n) is 5.76. The monoisotopic (exact) mass is 508 g/mol. The molecule has 0 fully saturated rings. The third-order valence-corrected chi connectivity index (χ3v) is 5.76. The fourth-order valence-electron chi connectivity index (χ4n) is 3.95. The van der Waals surface area contributed by atoms with Gasteiger partial charge in [0.1, 0.15) is 11.3 Å². The molecule has 37 heavy (non-hydrogen) atoms. The molecule has 0 unspecified atom stereocenters. The lowest BCUT2D eigenvalue weighted by Crippen LogP contribution is -2.21. The van der Waals surface area contributed by atoms with Crippen molar-refractivity contribution in [2.24, 2.45) is 0 Å². The number of aromatic nitrogens is 3. The number of rotatable bonds is 4. The van der Waals surface area contributed by atoms with Gasteiger partial charge in [-0.25, -0.2) is 18.7 Å². The number of nitrogens with zero attached hydrogens (tertiary/aromatic N) is 3. The van der Waals surface area contributed by atoms with Gasteiger partial charge in [0, 0.05) is 23.0 Å². The zero-order valence-corrected chi connectivity index (χ0v) is 19.1. The molecule has 186 valence electrons. The van der Waals surface area contributed by atoms with Crippen molar-refractivity contribution in [3.8, 4) is 22.5 Å². The molecule has 0 aliphatic heterocycles. The van der Waals surface area contributed by atoms with Crippen LogP contribution in [0.1, 0.15) is 21.6 Å². The summed E-state index contributed by atoms with van der Waals surface area (Å²) < 4.78 is 70.9. The van der Waals surface area contributed by atoms with Crippen molar-refractivity contribution in [3.05, 3.63) is 108 Å². The van der Waals surface area contributed by atoms with Crippen molar-refractivity contribution in [2.45, 2.75) is 13.1 Å². The number of fused-ring (bicyclic) bond motifs is 1. The Balaban J connectivity index is 1.61. The maximum atomic E-state index is 14.4. The SMILES string of the molecule is Cc1ccc(NC(=O)c2nc(-c3cccn4c(-c5cccc(F)c5F)cnc34)ccc2C(F)(F)F)cc1. The van der Waals surface area contributed by atoms with Gasteiger partial charge in [0.25, 0.3) is 5.91 Å². The number of alkyl halides is 3. The quantitative estimate of drug-likeness (QED) is 0.268. The summed E-state index contributed by atoms with van der Waals surface area (Å²) in [5.74, 6) is -3.12. The van der Waals surface area contributed by atoms with Gasteiger partial charge in [-0.1, -0.05) is 23.8 Å². The molecule has 0 spiro atoms. The summed E-state index contributed by atoms with van der Waals surface area (Å²) in [6, 6.07) is 15.3. The van der Waals surface area contributed by atoms with E-state index in [1.165, 1.54) is 22.7 Å². The predicted octanol–water partition coefficient (Wildman–Crippen LogP) is 6.92. The van der Waals surface area contributed by atoms with Crippen molar-refractivity contribution >= 4 is 17.2 Å². The fraction of sp³-hybridized carbons (Fsp3) is 0.0741. The number of carbonyl (C=O) groups excluding carboxylic acids is 1. The highest BCUT2D eigenvalue weighted by Gasteiger charge is 2.36. The number of amides is 1. The van der Waals surface area contributed by atoms with Crippen molar-refractivity contribution in [1.29, 1.82) is 0 Å². The third kappa shape index (κ3) is 4.53. The van der Waals surface area contributed by atoms with Gasteiger partial charge >= 0.3 is 6.18 Å². The van der Waals surface area contributed by atoms with Crippen LogP contribution in [0.15, 0.2) is 79.1 Å². The average molecular weight is 508 g/mol. The first-order valence-electron chi connectivity index (χ1n) is 11.0. The second kappa shape index (κ2) is 9.12. The van der Waals surface area contributed by atoms with Gasteiger partial charge in [-0.2, -0.15) is 13.2 Å². The Morgan fingerprint density at radius 3 is 2.38 bits per heavy atom. The molecule has 1 N–H and O–H groups in total. The Bertz CT molecular complexity index is 1640. The van der Waals surface area contributed by atoms with Crippen molar-refractivity contribution in [2.75, 3.05) is 5.32 Å². The van der Waals surface area contributed by atoms with Crippen LogP contribution in [0, 0.1) is 18.6 Å². The first kappa shape index (κ1) is 24.1. The summed E-state index contributed by atoms with van der Waals surface area (Å²) in [4.78, 5) is 21.2. The second-order valence-corrected chi connectivity index (χ2v) is 8.27. The number of pyridine rings is 2. The van der Waals surface area contributed by atoms with Gasteiger partial charge < -0.3 is 5.32 Å². The van der Waals surface area contributed by atoms with Crippen molar-refractivity contribution in [1.82, 2.24) is 14.4 Å². The minimum Gasteiger partial charge on any atom is -0.321 e. The molecule has 0 saturated heterocycles. The van der Waals surface area contributed by atoms with E-state index < -0.39 is 35.0 Å². The number of benzene rings is 2. The van der Waals surface area contributed by atoms with E-state index in [1.807, 2.05) is 6.92 Å². The summed E-state index contributed by atoms with van der Waals surface area (Å²) in [7, 11) is 0. The number of aryl methyl sites for hydroxylation is 1. The van der Waals surface area contributed by atoms with Crippen molar-refractivity contribution in [3.63, 3.8) is 0 Å². The molecule has 5 nitrogen and oxygen atoms in total. The standard InChI is InChI=1S/C27H17F5N4O/c1-15-7-9-16(10-8-15)34-26(37)24-19(27(30,31)32)11-12-21(35-24)17-5-3-13-36-22(14-33-25(17)36)18-4-2-6-20(28)23(18)29/h2-14H,1H3,(H,34,37). The van der Waals surface area contributed by atoms with Gasteiger partial charge in [0.2, 0.25) is 0 Å². The Morgan fingerprint density at radius 2 is 1.65 bits per heavy atom. The smallest absolute Gasteiger partial charge is 0.321 e. The van der Waals surface area contributed by atoms with Crippen LogP contribution in [0.25, 0.3) is 28.2 Å². The molecule has 3 heterocycles. The van der Waals surface area contributed by atoms with Crippen molar-refractivity contribution < 1.29 is 26.7 Å². The Hall–Kier alpha value is -4.60. The molecule has 5 rings (SSSR count). The largest absolute Gasteiger partial charge is 0.418 e. The predicted molar refractivity (Wildman–Crippen MR) is 128 cm³/mol. The highest BCUT2D eigenvalue weighted by Crippen LogP contribution is 2.35. The summed E-state index contributed by atoms with van der Waals surface area (Å²) in [5, 5.41) is 2.45. The minimum absolute atomic E-state index is 0.0387. The lowest BCUT2D eigenvalue weighted by atomic mass is 10.1. The maximum Gasteiger partial charge on any atom is 0.418 e. The Labute approximate surface area is 207 Å². The van der Waals surface area contributed by atoms with E-state index in [-0.39, 0.29) is 22.6 Å². The zero-order valence-electron chi connectivity index (χ0n) is 19.1. The molecule has 0 saturated carbocycles. The molecule has 0 atom stereocenters. The van der Waals surface area contributed by atoms with E-state index in [1.54, 1.807) is 42.6 Å². The van der Waals surface area contributed by atoms with Crippen LogP contribution in [0.2, 0.25) is 0 Å². The molecule has 0 aliphatic carbocycles. The van der Waals surface area contributed by atoms with Gasteiger partial charge in [-0.3, -0.25) is 9.20 Å². The number of anilines is 1. The van der Waals surface area contributed by atoms with Crippen LogP contribution in [0.5, 0.6) is 0 Å². The highest BCUT2D eigenvalue weighted by atomic mass is 19.4. The van der Waals surface area contributed by atoms with Gasteiger partial charge in [0.15, 0.2) is 11.6 Å². The molecule has 0 radical (unpaired) electrons. The summed E-state index contributed by atoms with van der Waals surface area (Å²) in [6.45, 7) is 1.84.